The maximum absolute atomic E-state index is 11.3. The molecule has 2 N–H and O–H groups in total. The summed E-state index contributed by atoms with van der Waals surface area (Å²) in [5.41, 5.74) is 3.86. The standard InChI is InChI=1S/C17H15NO3S/c1-12-17(14-7-9-15(10-8-14)22(18,19)20)16(11-21-12)13-5-3-2-4-6-13/h2-11H,1H3,(H2,18,19,20). The molecule has 0 spiro atoms. The van der Waals surface area contributed by atoms with Gasteiger partial charge in [-0.25, -0.2) is 13.6 Å². The summed E-state index contributed by atoms with van der Waals surface area (Å²) < 4.78 is 28.2. The highest BCUT2D eigenvalue weighted by Crippen LogP contribution is 2.36. The lowest BCUT2D eigenvalue weighted by Gasteiger charge is -2.06. The lowest BCUT2D eigenvalue weighted by molar-refractivity contribution is 0.536. The minimum Gasteiger partial charge on any atom is -0.468 e. The van der Waals surface area contributed by atoms with Crippen LogP contribution in [-0.2, 0) is 10.0 Å². The van der Waals surface area contributed by atoms with Gasteiger partial charge in [0.25, 0.3) is 0 Å². The Labute approximate surface area is 129 Å². The first-order chi connectivity index (χ1) is 10.5. The number of furan rings is 1. The maximum atomic E-state index is 11.3. The summed E-state index contributed by atoms with van der Waals surface area (Å²) >= 11 is 0. The van der Waals surface area contributed by atoms with E-state index in [0.717, 1.165) is 28.0 Å². The van der Waals surface area contributed by atoms with E-state index in [4.69, 9.17) is 9.56 Å². The van der Waals surface area contributed by atoms with Crippen LogP contribution in [0.3, 0.4) is 0 Å². The van der Waals surface area contributed by atoms with Gasteiger partial charge >= 0.3 is 0 Å². The van der Waals surface area contributed by atoms with Crippen molar-refractivity contribution in [2.45, 2.75) is 11.8 Å². The van der Waals surface area contributed by atoms with E-state index in [1.807, 2.05) is 37.3 Å². The minimum absolute atomic E-state index is 0.0960. The van der Waals surface area contributed by atoms with E-state index >= 15 is 0 Å². The zero-order chi connectivity index (χ0) is 15.7. The van der Waals surface area contributed by atoms with Crippen LogP contribution in [0.15, 0.2) is 70.2 Å². The molecule has 1 aromatic heterocycles. The molecule has 5 heteroatoms. The van der Waals surface area contributed by atoms with Crippen LogP contribution in [0.5, 0.6) is 0 Å². The number of hydrogen-bond donors (Lipinski definition) is 1. The number of sulfonamides is 1. The Hall–Kier alpha value is -2.37. The summed E-state index contributed by atoms with van der Waals surface area (Å²) in [6, 6.07) is 16.4. The highest BCUT2D eigenvalue weighted by atomic mass is 32.2. The average Bonchev–Trinajstić information content (AvgIpc) is 2.89. The molecule has 0 bridgehead atoms. The molecule has 0 aliphatic carbocycles. The highest BCUT2D eigenvalue weighted by molar-refractivity contribution is 7.89. The fourth-order valence-electron chi connectivity index (χ4n) is 2.45. The summed E-state index contributed by atoms with van der Waals surface area (Å²) in [4.78, 5) is 0.0960. The van der Waals surface area contributed by atoms with E-state index in [-0.39, 0.29) is 4.90 Å². The fourth-order valence-corrected chi connectivity index (χ4v) is 2.97. The summed E-state index contributed by atoms with van der Waals surface area (Å²) in [7, 11) is -3.68. The van der Waals surface area contributed by atoms with E-state index in [9.17, 15) is 8.42 Å². The Morgan fingerprint density at radius 3 is 2.14 bits per heavy atom. The molecule has 0 aliphatic rings. The van der Waals surface area contributed by atoms with Crippen LogP contribution in [0.2, 0.25) is 0 Å². The smallest absolute Gasteiger partial charge is 0.238 e. The third-order valence-corrected chi connectivity index (χ3v) is 4.46. The van der Waals surface area contributed by atoms with E-state index in [1.54, 1.807) is 18.4 Å². The molecule has 22 heavy (non-hydrogen) atoms. The van der Waals surface area contributed by atoms with Gasteiger partial charge in [0.1, 0.15) is 5.76 Å². The minimum atomic E-state index is -3.68. The van der Waals surface area contributed by atoms with E-state index < -0.39 is 10.0 Å². The first-order valence-electron chi connectivity index (χ1n) is 6.73. The molecule has 0 aliphatic heterocycles. The first-order valence-corrected chi connectivity index (χ1v) is 8.28. The molecular weight excluding hydrogens is 298 g/mol. The van der Waals surface area contributed by atoms with Crippen LogP contribution in [0.4, 0.5) is 0 Å². The van der Waals surface area contributed by atoms with Gasteiger partial charge in [-0.15, -0.1) is 0 Å². The van der Waals surface area contributed by atoms with E-state index in [2.05, 4.69) is 0 Å². The Morgan fingerprint density at radius 1 is 0.909 bits per heavy atom. The zero-order valence-electron chi connectivity index (χ0n) is 12.0. The van der Waals surface area contributed by atoms with Gasteiger partial charge in [-0.1, -0.05) is 42.5 Å². The summed E-state index contributed by atoms with van der Waals surface area (Å²) in [6.07, 6.45) is 1.72. The third kappa shape index (κ3) is 2.68. The highest BCUT2D eigenvalue weighted by Gasteiger charge is 2.15. The molecule has 112 valence electrons. The number of rotatable bonds is 3. The predicted molar refractivity (Wildman–Crippen MR) is 85.7 cm³/mol. The number of primary sulfonamides is 1. The van der Waals surface area contributed by atoms with Crippen LogP contribution in [0, 0.1) is 6.92 Å². The van der Waals surface area contributed by atoms with Crippen molar-refractivity contribution in [3.63, 3.8) is 0 Å². The second-order valence-corrected chi connectivity index (χ2v) is 6.58. The van der Waals surface area contributed by atoms with Gasteiger partial charge in [-0.2, -0.15) is 0 Å². The van der Waals surface area contributed by atoms with Crippen molar-refractivity contribution in [1.29, 1.82) is 0 Å². The Bertz CT molecular complexity index is 895. The van der Waals surface area contributed by atoms with Crippen molar-refractivity contribution >= 4 is 10.0 Å². The molecular formula is C17H15NO3S. The topological polar surface area (TPSA) is 73.3 Å². The van der Waals surface area contributed by atoms with Gasteiger partial charge in [0, 0.05) is 11.1 Å². The number of benzene rings is 2. The second-order valence-electron chi connectivity index (χ2n) is 5.02. The lowest BCUT2D eigenvalue weighted by atomic mass is 9.97. The molecule has 0 saturated heterocycles. The molecule has 1 heterocycles. The van der Waals surface area contributed by atoms with Gasteiger partial charge < -0.3 is 4.42 Å². The summed E-state index contributed by atoms with van der Waals surface area (Å²) in [5, 5.41) is 5.13. The lowest BCUT2D eigenvalue weighted by Crippen LogP contribution is -2.11. The van der Waals surface area contributed by atoms with Crippen molar-refractivity contribution in [1.82, 2.24) is 0 Å². The molecule has 3 rings (SSSR count). The molecule has 0 unspecified atom stereocenters. The van der Waals surface area contributed by atoms with Crippen molar-refractivity contribution in [2.75, 3.05) is 0 Å². The molecule has 0 amide bonds. The zero-order valence-corrected chi connectivity index (χ0v) is 12.8. The summed E-state index contributed by atoms with van der Waals surface area (Å²) in [6.45, 7) is 1.88. The number of nitrogens with two attached hydrogens (primary N) is 1. The van der Waals surface area contributed by atoms with Crippen molar-refractivity contribution < 1.29 is 12.8 Å². The van der Waals surface area contributed by atoms with Crippen LogP contribution in [-0.4, -0.2) is 8.42 Å². The van der Waals surface area contributed by atoms with Gasteiger partial charge in [0.2, 0.25) is 10.0 Å². The number of hydrogen-bond acceptors (Lipinski definition) is 3. The molecule has 0 radical (unpaired) electrons. The van der Waals surface area contributed by atoms with E-state index in [0.29, 0.717) is 0 Å². The number of aryl methyl sites for hydroxylation is 1. The van der Waals surface area contributed by atoms with Crippen LogP contribution in [0.1, 0.15) is 5.76 Å². The predicted octanol–water partition coefficient (Wildman–Crippen LogP) is 3.57. The van der Waals surface area contributed by atoms with Crippen molar-refractivity contribution in [3.8, 4) is 22.3 Å². The summed E-state index contributed by atoms with van der Waals surface area (Å²) in [5.74, 6) is 0.780. The van der Waals surface area contributed by atoms with Gasteiger partial charge in [-0.05, 0) is 30.2 Å². The second kappa shape index (κ2) is 5.44. The van der Waals surface area contributed by atoms with Crippen molar-refractivity contribution in [2.24, 2.45) is 5.14 Å². The monoisotopic (exact) mass is 313 g/mol. The fraction of sp³-hybridized carbons (Fsp3) is 0.0588. The Morgan fingerprint density at radius 2 is 1.55 bits per heavy atom. The molecule has 0 saturated carbocycles. The first kappa shape index (κ1) is 14.6. The van der Waals surface area contributed by atoms with Crippen molar-refractivity contribution in [3.05, 3.63) is 66.6 Å². The molecule has 0 fully saturated rings. The van der Waals surface area contributed by atoms with Gasteiger partial charge in [0.05, 0.1) is 11.2 Å². The Balaban J connectivity index is 2.12. The van der Waals surface area contributed by atoms with Gasteiger partial charge in [-0.3, -0.25) is 0 Å². The van der Waals surface area contributed by atoms with E-state index in [1.165, 1.54) is 12.1 Å². The molecule has 3 aromatic rings. The van der Waals surface area contributed by atoms with Crippen LogP contribution >= 0.6 is 0 Å². The van der Waals surface area contributed by atoms with Gasteiger partial charge in [0.15, 0.2) is 0 Å². The molecule has 0 atom stereocenters. The SMILES string of the molecule is Cc1occ(-c2ccccc2)c1-c1ccc(S(N)(=O)=O)cc1. The quantitative estimate of drug-likeness (QED) is 0.803. The normalized spacial score (nSPS) is 11.5. The largest absolute Gasteiger partial charge is 0.468 e. The van der Waals surface area contributed by atoms with Crippen LogP contribution in [0.25, 0.3) is 22.3 Å². The maximum Gasteiger partial charge on any atom is 0.238 e. The molecule has 4 nitrogen and oxygen atoms in total. The Kier molecular flexibility index (Phi) is 3.60. The third-order valence-electron chi connectivity index (χ3n) is 3.53. The average molecular weight is 313 g/mol. The van der Waals surface area contributed by atoms with Crippen LogP contribution < -0.4 is 5.14 Å². The molecule has 2 aromatic carbocycles.